The molecule has 1 aliphatic rings. The first kappa shape index (κ1) is 22.0. The molecule has 1 aliphatic heterocycles. The van der Waals surface area contributed by atoms with E-state index in [9.17, 15) is 9.59 Å². The van der Waals surface area contributed by atoms with Crippen LogP contribution in [0.5, 0.6) is 0 Å². The molecular formula is C24H21ClN4O2S. The number of hydrogen-bond acceptors (Lipinski definition) is 6. The summed E-state index contributed by atoms with van der Waals surface area (Å²) in [5.74, 6) is -0.772. The fraction of sp³-hybridized carbons (Fsp3) is 0.167. The first-order chi connectivity index (χ1) is 15.3. The van der Waals surface area contributed by atoms with Crippen LogP contribution in [0, 0.1) is 20.8 Å². The zero-order valence-electron chi connectivity index (χ0n) is 17.8. The van der Waals surface area contributed by atoms with E-state index in [1.807, 2.05) is 51.1 Å². The second-order valence-corrected chi connectivity index (χ2v) is 8.97. The predicted molar refractivity (Wildman–Crippen MR) is 126 cm³/mol. The lowest BCUT2D eigenvalue weighted by Crippen LogP contribution is -2.31. The molecule has 0 saturated heterocycles. The van der Waals surface area contributed by atoms with Crippen molar-refractivity contribution in [3.8, 4) is 0 Å². The molecule has 0 unspecified atom stereocenters. The van der Waals surface area contributed by atoms with Crippen LogP contribution in [0.15, 0.2) is 70.4 Å². The lowest BCUT2D eigenvalue weighted by Gasteiger charge is -2.15. The number of benzene rings is 2. The minimum Gasteiger partial charge on any atom is -0.350 e. The van der Waals surface area contributed by atoms with E-state index in [-0.39, 0.29) is 23.1 Å². The van der Waals surface area contributed by atoms with Crippen molar-refractivity contribution >= 4 is 40.9 Å². The molecule has 6 nitrogen and oxygen atoms in total. The van der Waals surface area contributed by atoms with Gasteiger partial charge in [-0.3, -0.25) is 14.5 Å². The summed E-state index contributed by atoms with van der Waals surface area (Å²) in [4.78, 5) is 37.0. The van der Waals surface area contributed by atoms with Crippen molar-refractivity contribution in [1.29, 1.82) is 0 Å². The van der Waals surface area contributed by atoms with Gasteiger partial charge in [0.1, 0.15) is 10.6 Å². The average molecular weight is 465 g/mol. The number of hydrogen-bond donors (Lipinski definition) is 1. The van der Waals surface area contributed by atoms with Crippen LogP contribution in [0.3, 0.4) is 0 Å². The van der Waals surface area contributed by atoms with Gasteiger partial charge in [0, 0.05) is 22.1 Å². The molecule has 1 aromatic heterocycles. The molecule has 0 atom stereocenters. The Morgan fingerprint density at radius 1 is 0.938 bits per heavy atom. The van der Waals surface area contributed by atoms with E-state index in [1.54, 1.807) is 24.3 Å². The van der Waals surface area contributed by atoms with Gasteiger partial charge in [0.15, 0.2) is 5.16 Å². The molecule has 32 heavy (non-hydrogen) atoms. The van der Waals surface area contributed by atoms with Crippen LogP contribution in [-0.2, 0) is 16.1 Å². The van der Waals surface area contributed by atoms with E-state index in [0.717, 1.165) is 40.0 Å². The molecule has 2 aromatic carbocycles. The normalized spacial score (nSPS) is 13.8. The fourth-order valence-electron chi connectivity index (χ4n) is 3.37. The molecule has 4 rings (SSSR count). The molecule has 0 bridgehead atoms. The Bertz CT molecular complexity index is 1220. The van der Waals surface area contributed by atoms with Gasteiger partial charge in [-0.2, -0.15) is 0 Å². The lowest BCUT2D eigenvalue weighted by atomic mass is 10.2. The van der Waals surface area contributed by atoms with Crippen LogP contribution in [0.2, 0.25) is 5.02 Å². The van der Waals surface area contributed by atoms with Crippen molar-refractivity contribution in [2.45, 2.75) is 32.5 Å². The summed E-state index contributed by atoms with van der Waals surface area (Å²) in [6, 6.07) is 16.6. The van der Waals surface area contributed by atoms with Gasteiger partial charge in [-0.15, -0.1) is 0 Å². The highest BCUT2D eigenvalue weighted by Crippen LogP contribution is 2.35. The third kappa shape index (κ3) is 4.84. The van der Waals surface area contributed by atoms with Crippen LogP contribution in [0.4, 0.5) is 5.69 Å². The number of carbonyl (C=O) groups excluding carboxylic acids is 2. The molecule has 0 saturated carbocycles. The largest absolute Gasteiger partial charge is 0.350 e. The molecule has 2 heterocycles. The molecule has 1 N–H and O–H groups in total. The molecule has 3 aromatic rings. The lowest BCUT2D eigenvalue weighted by molar-refractivity contribution is -0.137. The van der Waals surface area contributed by atoms with E-state index in [1.165, 1.54) is 4.90 Å². The maximum absolute atomic E-state index is 13.3. The van der Waals surface area contributed by atoms with Crippen molar-refractivity contribution in [2.24, 2.45) is 0 Å². The average Bonchev–Trinajstić information content (AvgIpc) is 2.93. The summed E-state index contributed by atoms with van der Waals surface area (Å²) < 4.78 is 0. The Labute approximate surface area is 195 Å². The predicted octanol–water partition coefficient (Wildman–Crippen LogP) is 5.04. The number of thioether (sulfide) groups is 1. The van der Waals surface area contributed by atoms with E-state index < -0.39 is 5.91 Å². The number of imide groups is 1. The quantitative estimate of drug-likeness (QED) is 0.407. The maximum Gasteiger partial charge on any atom is 0.278 e. The Hall–Kier alpha value is -3.16. The van der Waals surface area contributed by atoms with Crippen LogP contribution < -0.4 is 5.32 Å². The van der Waals surface area contributed by atoms with Crippen LogP contribution in [0.1, 0.15) is 22.5 Å². The first-order valence-corrected chi connectivity index (χ1v) is 11.2. The van der Waals surface area contributed by atoms with Gasteiger partial charge < -0.3 is 5.32 Å². The molecule has 162 valence electrons. The third-order valence-corrected chi connectivity index (χ3v) is 6.02. The molecule has 0 fully saturated rings. The summed E-state index contributed by atoms with van der Waals surface area (Å²) in [7, 11) is 0. The van der Waals surface area contributed by atoms with Crippen molar-refractivity contribution in [1.82, 2.24) is 14.9 Å². The van der Waals surface area contributed by atoms with Gasteiger partial charge in [0.2, 0.25) is 0 Å². The number of nitrogens with one attached hydrogen (secondary N) is 1. The number of carbonyl (C=O) groups is 2. The number of nitrogens with zero attached hydrogens (tertiary/aromatic N) is 3. The SMILES string of the molecule is Cc1cccc(NC2=C(Sc3nc(C)cc(C)n3)C(=O)N(Cc3ccc(Cl)cc3)C2=O)c1. The minimum atomic E-state index is -0.390. The smallest absolute Gasteiger partial charge is 0.278 e. The minimum absolute atomic E-state index is 0.144. The van der Waals surface area contributed by atoms with Gasteiger partial charge >= 0.3 is 0 Å². The summed E-state index contributed by atoms with van der Waals surface area (Å²) in [6.45, 7) is 5.85. The monoisotopic (exact) mass is 464 g/mol. The number of rotatable bonds is 6. The molecule has 2 amide bonds. The zero-order chi connectivity index (χ0) is 22.8. The zero-order valence-corrected chi connectivity index (χ0v) is 19.4. The van der Waals surface area contributed by atoms with Crippen molar-refractivity contribution in [3.63, 3.8) is 0 Å². The number of anilines is 1. The standard InChI is InChI=1S/C24H21ClN4O2S/c1-14-5-4-6-19(11-14)28-20-21(32-24-26-15(2)12-16(3)27-24)23(31)29(22(20)30)13-17-7-9-18(25)10-8-17/h4-12,28H,13H2,1-3H3. The Balaban J connectivity index is 1.70. The van der Waals surface area contributed by atoms with Gasteiger partial charge in [0.25, 0.3) is 11.8 Å². The highest BCUT2D eigenvalue weighted by Gasteiger charge is 2.39. The van der Waals surface area contributed by atoms with Crippen molar-refractivity contribution in [3.05, 3.63) is 92.7 Å². The highest BCUT2D eigenvalue weighted by atomic mass is 35.5. The van der Waals surface area contributed by atoms with Gasteiger partial charge in [-0.05, 0) is 74.0 Å². The fourth-order valence-corrected chi connectivity index (χ4v) is 4.50. The molecule has 8 heteroatoms. The third-order valence-electron chi connectivity index (χ3n) is 4.82. The Kier molecular flexibility index (Phi) is 6.30. The second kappa shape index (κ2) is 9.14. The number of amides is 2. The summed E-state index contributed by atoms with van der Waals surface area (Å²) in [6.07, 6.45) is 0. The summed E-state index contributed by atoms with van der Waals surface area (Å²) in [5.41, 5.74) is 4.39. The Morgan fingerprint density at radius 2 is 1.62 bits per heavy atom. The van der Waals surface area contributed by atoms with Gasteiger partial charge in [-0.25, -0.2) is 9.97 Å². The van der Waals surface area contributed by atoms with Crippen LogP contribution in [0.25, 0.3) is 0 Å². The van der Waals surface area contributed by atoms with E-state index >= 15 is 0 Å². The van der Waals surface area contributed by atoms with Gasteiger partial charge in [0.05, 0.1) is 6.54 Å². The van der Waals surface area contributed by atoms with E-state index in [0.29, 0.717) is 10.2 Å². The molecular weight excluding hydrogens is 444 g/mol. The Morgan fingerprint density at radius 3 is 2.28 bits per heavy atom. The van der Waals surface area contributed by atoms with Crippen LogP contribution >= 0.6 is 23.4 Å². The van der Waals surface area contributed by atoms with Crippen molar-refractivity contribution in [2.75, 3.05) is 5.32 Å². The van der Waals surface area contributed by atoms with Crippen molar-refractivity contribution < 1.29 is 9.59 Å². The van der Waals surface area contributed by atoms with E-state index in [4.69, 9.17) is 11.6 Å². The van der Waals surface area contributed by atoms with Gasteiger partial charge in [-0.1, -0.05) is 35.9 Å². The second-order valence-electron chi connectivity index (χ2n) is 7.56. The van der Waals surface area contributed by atoms with E-state index in [2.05, 4.69) is 15.3 Å². The summed E-state index contributed by atoms with van der Waals surface area (Å²) >= 11 is 7.07. The molecule has 0 aliphatic carbocycles. The first-order valence-electron chi connectivity index (χ1n) is 9.99. The molecule has 0 radical (unpaired) electrons. The number of aryl methyl sites for hydroxylation is 3. The summed E-state index contributed by atoms with van der Waals surface area (Å²) in [5, 5.41) is 4.18. The topological polar surface area (TPSA) is 75.2 Å². The maximum atomic E-state index is 13.3. The van der Waals surface area contributed by atoms with Crippen LogP contribution in [-0.4, -0.2) is 26.7 Å². The highest BCUT2D eigenvalue weighted by molar-refractivity contribution is 8.04. The number of aromatic nitrogens is 2. The molecule has 0 spiro atoms. The number of halogens is 1.